The average molecular weight is 637 g/mol. The summed E-state index contributed by atoms with van der Waals surface area (Å²) in [6, 6.07) is 4.76. The van der Waals surface area contributed by atoms with E-state index in [0.717, 1.165) is 51.6 Å². The molecule has 0 unspecified atom stereocenters. The molecule has 1 aliphatic heterocycles. The summed E-state index contributed by atoms with van der Waals surface area (Å²) in [6.07, 6.45) is 5.06. The first-order valence-electron chi connectivity index (χ1n) is 16.7. The maximum absolute atomic E-state index is 14.5. The summed E-state index contributed by atoms with van der Waals surface area (Å²) in [5.74, 6) is -8.11. The molecule has 1 aromatic carbocycles. The Morgan fingerprint density at radius 3 is 2.48 bits per heavy atom. The fraction of sp³-hybridized carbons (Fsp3) is 0.600. The van der Waals surface area contributed by atoms with Crippen LogP contribution in [-0.4, -0.2) is 81.6 Å². The fourth-order valence-electron chi connectivity index (χ4n) is 8.53. The quantitative estimate of drug-likeness (QED) is 0.220. The Balaban J connectivity index is 1.45. The number of phenols is 1. The second-order valence-electron chi connectivity index (χ2n) is 13.6. The first-order valence-corrected chi connectivity index (χ1v) is 16.7. The molecule has 2 saturated carbocycles. The molecule has 248 valence electrons. The molecule has 1 heterocycles. The SMILES string of the molecule is CCC(=O)C[C@H]1[C@H]2C(=C(O)c3c(O)cccc3[C@@H]2COC2CCCC2)C(=O)[C@]2(O)C(O)=C(C(=O)NCC3CCNCC3)C(=O)C[C@H]12. The van der Waals surface area contributed by atoms with E-state index in [-0.39, 0.29) is 60.7 Å². The zero-order chi connectivity index (χ0) is 32.7. The molecule has 3 fully saturated rings. The van der Waals surface area contributed by atoms with Gasteiger partial charge in [-0.1, -0.05) is 31.9 Å². The Morgan fingerprint density at radius 1 is 1.07 bits per heavy atom. The highest BCUT2D eigenvalue weighted by Crippen LogP contribution is 2.59. The minimum absolute atomic E-state index is 0.00448. The third-order valence-corrected chi connectivity index (χ3v) is 11.0. The maximum atomic E-state index is 14.5. The minimum atomic E-state index is -2.74. The standard InChI is InChI=1S/C35H44N2O9/c1-2-19(38)14-22-24-15-26(40)29(34(44)37-16-18-10-12-36-13-11-18)32(42)35(24,45)33(43)30-27(22)23(17-46-20-6-3-4-7-20)21-8-5-9-25(39)28(21)31(30)41/h5,8-9,18,20,22-24,27,36,39,41-42,45H,2-4,6-7,10-17H2,1H3,(H,37,44)/t22-,23+,24-,27-,35-/m1/s1. The van der Waals surface area contributed by atoms with Crippen molar-refractivity contribution in [1.82, 2.24) is 10.6 Å². The highest BCUT2D eigenvalue weighted by Gasteiger charge is 2.65. The van der Waals surface area contributed by atoms with E-state index < -0.39 is 70.3 Å². The Kier molecular flexibility index (Phi) is 9.11. The number of aliphatic hydroxyl groups is 3. The zero-order valence-corrected chi connectivity index (χ0v) is 26.2. The van der Waals surface area contributed by atoms with E-state index in [9.17, 15) is 39.6 Å². The molecule has 6 rings (SSSR count). The number of rotatable bonds is 9. The van der Waals surface area contributed by atoms with Crippen LogP contribution >= 0.6 is 0 Å². The van der Waals surface area contributed by atoms with Crippen molar-refractivity contribution in [3.63, 3.8) is 0 Å². The van der Waals surface area contributed by atoms with Crippen LogP contribution in [-0.2, 0) is 23.9 Å². The van der Waals surface area contributed by atoms with E-state index in [0.29, 0.717) is 5.56 Å². The van der Waals surface area contributed by atoms with Crippen molar-refractivity contribution < 1.29 is 44.3 Å². The van der Waals surface area contributed by atoms with Crippen LogP contribution in [0.3, 0.4) is 0 Å². The maximum Gasteiger partial charge on any atom is 0.258 e. The molecule has 4 aliphatic carbocycles. The van der Waals surface area contributed by atoms with Crippen LogP contribution in [0.2, 0.25) is 0 Å². The van der Waals surface area contributed by atoms with Gasteiger partial charge >= 0.3 is 0 Å². The molecular weight excluding hydrogens is 592 g/mol. The lowest BCUT2D eigenvalue weighted by molar-refractivity contribution is -0.156. The van der Waals surface area contributed by atoms with E-state index in [1.165, 1.54) is 6.07 Å². The normalized spacial score (nSPS) is 30.2. The van der Waals surface area contributed by atoms with Crippen LogP contribution in [0, 0.1) is 23.7 Å². The van der Waals surface area contributed by atoms with Gasteiger partial charge in [0.2, 0.25) is 5.78 Å². The third-order valence-electron chi connectivity index (χ3n) is 11.0. The number of ketones is 3. The molecule has 0 radical (unpaired) electrons. The summed E-state index contributed by atoms with van der Waals surface area (Å²) in [5, 5.41) is 52.3. The van der Waals surface area contributed by atoms with E-state index in [1.807, 2.05) is 0 Å². The lowest BCUT2D eigenvalue weighted by Gasteiger charge is -2.52. The number of hydrogen-bond acceptors (Lipinski definition) is 10. The molecule has 0 aromatic heterocycles. The molecule has 1 saturated heterocycles. The number of aromatic hydroxyl groups is 1. The predicted molar refractivity (Wildman–Crippen MR) is 167 cm³/mol. The van der Waals surface area contributed by atoms with Gasteiger partial charge in [-0.3, -0.25) is 19.2 Å². The molecule has 1 amide bonds. The summed E-state index contributed by atoms with van der Waals surface area (Å²) < 4.78 is 6.34. The molecular formula is C35H44N2O9. The minimum Gasteiger partial charge on any atom is -0.508 e. The average Bonchev–Trinajstić information content (AvgIpc) is 3.57. The van der Waals surface area contributed by atoms with E-state index >= 15 is 0 Å². The van der Waals surface area contributed by atoms with Crippen molar-refractivity contribution in [2.75, 3.05) is 26.2 Å². The van der Waals surface area contributed by atoms with E-state index in [4.69, 9.17) is 4.74 Å². The van der Waals surface area contributed by atoms with Crippen molar-refractivity contribution in [2.24, 2.45) is 23.7 Å². The lowest BCUT2D eigenvalue weighted by atomic mass is 9.51. The van der Waals surface area contributed by atoms with Gasteiger partial charge in [0.05, 0.1) is 18.3 Å². The molecule has 46 heavy (non-hydrogen) atoms. The van der Waals surface area contributed by atoms with Crippen LogP contribution in [0.1, 0.15) is 81.8 Å². The van der Waals surface area contributed by atoms with Gasteiger partial charge in [-0.05, 0) is 62.2 Å². The van der Waals surface area contributed by atoms with Crippen molar-refractivity contribution in [1.29, 1.82) is 0 Å². The van der Waals surface area contributed by atoms with Gasteiger partial charge in [0.15, 0.2) is 11.4 Å². The summed E-state index contributed by atoms with van der Waals surface area (Å²) >= 11 is 0. The van der Waals surface area contributed by atoms with Crippen molar-refractivity contribution in [2.45, 2.75) is 82.3 Å². The van der Waals surface area contributed by atoms with E-state index in [1.54, 1.807) is 19.1 Å². The Hall–Kier alpha value is -3.54. The monoisotopic (exact) mass is 636 g/mol. The Morgan fingerprint density at radius 2 is 1.78 bits per heavy atom. The zero-order valence-electron chi connectivity index (χ0n) is 26.2. The molecule has 6 N–H and O–H groups in total. The van der Waals surface area contributed by atoms with Gasteiger partial charge in [-0.2, -0.15) is 0 Å². The number of carbonyl (C=O) groups is 4. The summed E-state index contributed by atoms with van der Waals surface area (Å²) in [4.78, 5) is 54.6. The third kappa shape index (κ3) is 5.46. The second kappa shape index (κ2) is 12.9. The lowest BCUT2D eigenvalue weighted by Crippen LogP contribution is -2.62. The summed E-state index contributed by atoms with van der Waals surface area (Å²) in [5.41, 5.74) is -3.10. The van der Waals surface area contributed by atoms with Crippen molar-refractivity contribution in [3.8, 4) is 5.75 Å². The largest absolute Gasteiger partial charge is 0.508 e. The Labute approximate surface area is 268 Å². The van der Waals surface area contributed by atoms with Gasteiger partial charge in [0, 0.05) is 49.1 Å². The van der Waals surface area contributed by atoms with Gasteiger partial charge < -0.3 is 35.8 Å². The number of amides is 1. The van der Waals surface area contributed by atoms with Crippen LogP contribution in [0.15, 0.2) is 35.1 Å². The van der Waals surface area contributed by atoms with Gasteiger partial charge in [0.1, 0.15) is 28.6 Å². The molecule has 1 aromatic rings. The molecule has 0 bridgehead atoms. The van der Waals surface area contributed by atoms with Gasteiger partial charge in [-0.25, -0.2) is 0 Å². The number of benzene rings is 1. The van der Waals surface area contributed by atoms with Gasteiger partial charge in [0.25, 0.3) is 5.91 Å². The van der Waals surface area contributed by atoms with Crippen LogP contribution in [0.4, 0.5) is 0 Å². The van der Waals surface area contributed by atoms with Crippen molar-refractivity contribution in [3.05, 3.63) is 46.2 Å². The Bertz CT molecular complexity index is 1490. The molecule has 11 nitrogen and oxygen atoms in total. The number of carbonyl (C=O) groups excluding carboxylic acids is 4. The van der Waals surface area contributed by atoms with Gasteiger partial charge in [-0.15, -0.1) is 0 Å². The first-order chi connectivity index (χ1) is 22.1. The van der Waals surface area contributed by atoms with E-state index in [2.05, 4.69) is 10.6 Å². The fourth-order valence-corrected chi connectivity index (χ4v) is 8.53. The summed E-state index contributed by atoms with van der Waals surface area (Å²) in [6.45, 7) is 3.68. The highest BCUT2D eigenvalue weighted by atomic mass is 16.5. The number of Topliss-reactive ketones (excluding diaryl/α,β-unsaturated/α-hetero) is 3. The summed E-state index contributed by atoms with van der Waals surface area (Å²) in [7, 11) is 0. The molecule has 0 spiro atoms. The molecule has 5 aliphatic rings. The molecule has 11 heteroatoms. The molecule has 5 atom stereocenters. The number of piperidine rings is 1. The second-order valence-corrected chi connectivity index (χ2v) is 13.6. The van der Waals surface area contributed by atoms with Crippen molar-refractivity contribution >= 4 is 29.0 Å². The smallest absolute Gasteiger partial charge is 0.258 e. The predicted octanol–water partition coefficient (Wildman–Crippen LogP) is 3.15. The number of ether oxygens (including phenoxy) is 1. The topological polar surface area (TPSA) is 182 Å². The van der Waals surface area contributed by atoms with Crippen LogP contribution in [0.5, 0.6) is 5.75 Å². The number of nitrogens with one attached hydrogen (secondary N) is 2. The van der Waals surface area contributed by atoms with Crippen LogP contribution in [0.25, 0.3) is 5.76 Å². The number of hydrogen-bond donors (Lipinski definition) is 6. The number of phenolic OH excluding ortho intramolecular Hbond substituents is 1. The number of aliphatic hydroxyl groups excluding tert-OH is 2. The number of fused-ring (bicyclic) bond motifs is 3. The van der Waals surface area contributed by atoms with Crippen LogP contribution < -0.4 is 10.6 Å². The first kappa shape index (κ1) is 32.4. The highest BCUT2D eigenvalue weighted by molar-refractivity contribution is 6.23.